The van der Waals surface area contributed by atoms with Crippen molar-refractivity contribution >= 4 is 5.91 Å². The fraction of sp³-hybridized carbons (Fsp3) is 0.588. The van der Waals surface area contributed by atoms with Crippen LogP contribution in [0, 0.1) is 12.8 Å². The third kappa shape index (κ3) is 2.59. The van der Waals surface area contributed by atoms with E-state index in [1.54, 1.807) is 0 Å². The van der Waals surface area contributed by atoms with Crippen LogP contribution in [-0.2, 0) is 4.79 Å². The number of rotatable bonds is 3. The van der Waals surface area contributed by atoms with Gasteiger partial charge in [0.2, 0.25) is 5.91 Å². The van der Waals surface area contributed by atoms with Crippen molar-refractivity contribution in [3.05, 3.63) is 35.4 Å². The van der Waals surface area contributed by atoms with Gasteiger partial charge in [0.05, 0.1) is 6.10 Å². The van der Waals surface area contributed by atoms with Crippen LogP contribution in [0.3, 0.4) is 0 Å². The van der Waals surface area contributed by atoms with Crippen molar-refractivity contribution in [1.29, 1.82) is 0 Å². The highest BCUT2D eigenvalue weighted by Crippen LogP contribution is 2.35. The van der Waals surface area contributed by atoms with Crippen molar-refractivity contribution in [3.8, 4) is 0 Å². The first-order valence-electron chi connectivity index (χ1n) is 7.69. The molecule has 3 nitrogen and oxygen atoms in total. The minimum Gasteiger partial charge on any atom is -0.388 e. The maximum atomic E-state index is 12.2. The van der Waals surface area contributed by atoms with Gasteiger partial charge < -0.3 is 10.0 Å². The lowest BCUT2D eigenvalue weighted by atomic mass is 9.94. The molecular formula is C17H23NO2. The Morgan fingerprint density at radius 3 is 2.50 bits per heavy atom. The van der Waals surface area contributed by atoms with Gasteiger partial charge in [0, 0.05) is 24.9 Å². The first kappa shape index (κ1) is 13.6. The maximum Gasteiger partial charge on any atom is 0.223 e. The predicted octanol–water partition coefficient (Wildman–Crippen LogP) is 2.82. The molecule has 3 rings (SSSR count). The number of carbonyl (C=O) groups excluding carboxylic acids is 1. The number of nitrogens with zero attached hydrogens (tertiary/aromatic N) is 1. The molecule has 0 aromatic heterocycles. The van der Waals surface area contributed by atoms with Crippen LogP contribution in [0.25, 0.3) is 0 Å². The van der Waals surface area contributed by atoms with E-state index in [4.69, 9.17) is 0 Å². The number of hydrogen-bond acceptors (Lipinski definition) is 2. The Labute approximate surface area is 120 Å². The van der Waals surface area contributed by atoms with E-state index in [0.29, 0.717) is 12.5 Å². The van der Waals surface area contributed by atoms with Gasteiger partial charge in [0.15, 0.2) is 0 Å². The molecule has 1 amide bonds. The van der Waals surface area contributed by atoms with Gasteiger partial charge in [-0.3, -0.25) is 4.79 Å². The van der Waals surface area contributed by atoms with Gasteiger partial charge in [-0.05, 0) is 25.3 Å². The zero-order chi connectivity index (χ0) is 14.1. The van der Waals surface area contributed by atoms with Crippen molar-refractivity contribution < 1.29 is 9.90 Å². The average Bonchev–Trinajstić information content (AvgIpc) is 3.07. The second-order valence-electron chi connectivity index (χ2n) is 6.30. The van der Waals surface area contributed by atoms with Crippen LogP contribution in [-0.4, -0.2) is 28.5 Å². The summed E-state index contributed by atoms with van der Waals surface area (Å²) < 4.78 is 0. The van der Waals surface area contributed by atoms with Crippen LogP contribution in [0.15, 0.2) is 24.3 Å². The van der Waals surface area contributed by atoms with E-state index in [1.807, 2.05) is 36.1 Å². The van der Waals surface area contributed by atoms with Crippen LogP contribution >= 0.6 is 0 Å². The first-order valence-corrected chi connectivity index (χ1v) is 7.69. The van der Waals surface area contributed by atoms with Gasteiger partial charge in [-0.1, -0.05) is 42.7 Å². The second-order valence-corrected chi connectivity index (χ2v) is 6.30. The van der Waals surface area contributed by atoms with Gasteiger partial charge >= 0.3 is 0 Å². The molecule has 1 saturated heterocycles. The fourth-order valence-corrected chi connectivity index (χ4v) is 3.58. The van der Waals surface area contributed by atoms with Crippen LogP contribution in [0.1, 0.15) is 49.3 Å². The molecule has 0 radical (unpaired) electrons. The summed E-state index contributed by atoms with van der Waals surface area (Å²) in [4.78, 5) is 14.2. The molecule has 0 spiro atoms. The van der Waals surface area contributed by atoms with Crippen molar-refractivity contribution in [3.63, 3.8) is 0 Å². The molecule has 20 heavy (non-hydrogen) atoms. The van der Waals surface area contributed by atoms with Crippen LogP contribution < -0.4 is 0 Å². The average molecular weight is 273 g/mol. The number of aliphatic hydroxyl groups is 1. The van der Waals surface area contributed by atoms with Crippen molar-refractivity contribution in [2.45, 2.75) is 51.2 Å². The largest absolute Gasteiger partial charge is 0.388 e. The summed E-state index contributed by atoms with van der Waals surface area (Å²) in [6.45, 7) is 2.76. The number of carbonyl (C=O) groups is 1. The maximum absolute atomic E-state index is 12.2. The number of aryl methyl sites for hydroxylation is 1. The molecule has 1 aliphatic carbocycles. The van der Waals surface area contributed by atoms with E-state index in [0.717, 1.165) is 24.9 Å². The van der Waals surface area contributed by atoms with E-state index in [1.165, 1.54) is 18.4 Å². The minimum atomic E-state index is -0.522. The Hall–Kier alpha value is -1.35. The van der Waals surface area contributed by atoms with Crippen LogP contribution in [0.4, 0.5) is 0 Å². The zero-order valence-electron chi connectivity index (χ0n) is 12.1. The van der Waals surface area contributed by atoms with Crippen molar-refractivity contribution in [2.24, 2.45) is 5.92 Å². The topological polar surface area (TPSA) is 40.5 Å². The van der Waals surface area contributed by atoms with E-state index in [9.17, 15) is 9.90 Å². The quantitative estimate of drug-likeness (QED) is 0.920. The molecule has 1 saturated carbocycles. The molecule has 3 heteroatoms. The normalized spacial score (nSPS) is 25.4. The van der Waals surface area contributed by atoms with Crippen molar-refractivity contribution in [2.75, 3.05) is 6.54 Å². The van der Waals surface area contributed by atoms with E-state index < -0.39 is 6.10 Å². The molecule has 1 aliphatic heterocycles. The smallest absolute Gasteiger partial charge is 0.223 e. The number of hydrogen-bond donors (Lipinski definition) is 1. The highest BCUT2D eigenvalue weighted by molar-refractivity contribution is 5.79. The molecule has 1 aromatic carbocycles. The summed E-state index contributed by atoms with van der Waals surface area (Å²) in [5.74, 6) is 0.277. The molecule has 1 N–H and O–H groups in total. The highest BCUT2D eigenvalue weighted by Gasteiger charge is 2.38. The minimum absolute atomic E-state index is 0.0470. The fourth-order valence-electron chi connectivity index (χ4n) is 3.58. The lowest BCUT2D eigenvalue weighted by Crippen LogP contribution is -2.34. The van der Waals surface area contributed by atoms with Gasteiger partial charge in [0.25, 0.3) is 0 Å². The molecule has 0 bridgehead atoms. The molecular weight excluding hydrogens is 250 g/mol. The van der Waals surface area contributed by atoms with Crippen LogP contribution in [0.2, 0.25) is 0 Å². The van der Waals surface area contributed by atoms with Gasteiger partial charge in [0.1, 0.15) is 0 Å². The summed E-state index contributed by atoms with van der Waals surface area (Å²) in [5.41, 5.74) is 2.12. The van der Waals surface area contributed by atoms with E-state index in [-0.39, 0.29) is 11.8 Å². The monoisotopic (exact) mass is 273 g/mol. The standard InChI is InChI=1S/C17H23NO2/c1-12-6-8-13(9-7-12)17(20)14-10-16(19)18(11-14)15-4-2-3-5-15/h6-9,14-15,17,20H,2-5,10-11H2,1H3. The summed E-state index contributed by atoms with van der Waals surface area (Å²) >= 11 is 0. The molecule has 1 heterocycles. The van der Waals surface area contributed by atoms with Gasteiger partial charge in [-0.2, -0.15) is 0 Å². The molecule has 1 aromatic rings. The SMILES string of the molecule is Cc1ccc(C(O)C2CC(=O)N(C3CCCC3)C2)cc1. The van der Waals surface area contributed by atoms with Crippen LogP contribution in [0.5, 0.6) is 0 Å². The molecule has 2 atom stereocenters. The predicted molar refractivity (Wildman–Crippen MR) is 78.2 cm³/mol. The molecule has 2 aliphatic rings. The Morgan fingerprint density at radius 1 is 1.20 bits per heavy atom. The lowest BCUT2D eigenvalue weighted by Gasteiger charge is -2.25. The Balaban J connectivity index is 1.69. The highest BCUT2D eigenvalue weighted by atomic mass is 16.3. The van der Waals surface area contributed by atoms with Crippen molar-refractivity contribution in [1.82, 2.24) is 4.90 Å². The first-order chi connectivity index (χ1) is 9.65. The van der Waals surface area contributed by atoms with Gasteiger partial charge in [-0.15, -0.1) is 0 Å². The third-order valence-electron chi connectivity index (χ3n) is 4.82. The molecule has 108 valence electrons. The Morgan fingerprint density at radius 2 is 1.85 bits per heavy atom. The molecule has 2 unspecified atom stereocenters. The number of amides is 1. The van der Waals surface area contributed by atoms with Gasteiger partial charge in [-0.25, -0.2) is 0 Å². The summed E-state index contributed by atoms with van der Waals surface area (Å²) in [6.07, 6.45) is 4.72. The summed E-state index contributed by atoms with van der Waals surface area (Å²) in [7, 11) is 0. The summed E-state index contributed by atoms with van der Waals surface area (Å²) in [5, 5.41) is 10.5. The summed E-state index contributed by atoms with van der Waals surface area (Å²) in [6, 6.07) is 8.41. The Bertz CT molecular complexity index is 476. The zero-order valence-corrected chi connectivity index (χ0v) is 12.1. The van der Waals surface area contributed by atoms with E-state index >= 15 is 0 Å². The molecule has 2 fully saturated rings. The third-order valence-corrected chi connectivity index (χ3v) is 4.82. The number of likely N-dealkylation sites (tertiary alicyclic amines) is 1. The number of aliphatic hydroxyl groups excluding tert-OH is 1. The lowest BCUT2D eigenvalue weighted by molar-refractivity contribution is -0.129. The Kier molecular flexibility index (Phi) is 3.79. The second kappa shape index (κ2) is 5.57. The number of benzene rings is 1. The van der Waals surface area contributed by atoms with E-state index in [2.05, 4.69) is 0 Å².